The van der Waals surface area contributed by atoms with E-state index in [1.807, 2.05) is 0 Å². The fourth-order valence-corrected chi connectivity index (χ4v) is 1.99. The van der Waals surface area contributed by atoms with E-state index < -0.39 is 46.9 Å². The number of benzene rings is 1. The van der Waals surface area contributed by atoms with Crippen molar-refractivity contribution in [3.05, 3.63) is 45.4 Å². The Hall–Kier alpha value is -1.71. The standard InChI is InChI=1S/C6Cl3N3O6/c7-1-2(8)5(11(15)16)6(12(17)18)3(9)4(1)10(13)14. The van der Waals surface area contributed by atoms with Gasteiger partial charge in [-0.1, -0.05) is 34.8 Å². The predicted octanol–water partition coefficient (Wildman–Crippen LogP) is 3.37. The van der Waals surface area contributed by atoms with Crippen molar-refractivity contribution in [3.8, 4) is 0 Å². The van der Waals surface area contributed by atoms with Gasteiger partial charge >= 0.3 is 17.1 Å². The fourth-order valence-electron chi connectivity index (χ4n) is 1.12. The second-order valence-corrected chi connectivity index (χ2v) is 3.89. The molecule has 0 aromatic heterocycles. The van der Waals surface area contributed by atoms with Gasteiger partial charge in [0.15, 0.2) is 5.02 Å². The SMILES string of the molecule is O=[N+]([O-])c1c(Cl)c(Cl)c([N+](=O)[O-])c([N+](=O)[O-])c1Cl. The Bertz CT molecular complexity index is 589. The van der Waals surface area contributed by atoms with Gasteiger partial charge in [-0.3, -0.25) is 30.3 Å². The molecule has 9 nitrogen and oxygen atoms in total. The van der Waals surface area contributed by atoms with Gasteiger partial charge in [-0.25, -0.2) is 0 Å². The normalized spacial score (nSPS) is 10.2. The molecule has 0 fully saturated rings. The average Bonchev–Trinajstić information content (AvgIpc) is 2.21. The molecule has 0 aliphatic carbocycles. The van der Waals surface area contributed by atoms with E-state index in [0.29, 0.717) is 0 Å². The number of hydrogen-bond donors (Lipinski definition) is 0. The molecule has 96 valence electrons. The molecule has 0 bridgehead atoms. The molecule has 0 aliphatic rings. The second kappa shape index (κ2) is 4.88. The number of nitro benzene ring substituents is 3. The predicted molar refractivity (Wildman–Crippen MR) is 61.4 cm³/mol. The van der Waals surface area contributed by atoms with Crippen LogP contribution in [0, 0.1) is 30.3 Å². The van der Waals surface area contributed by atoms with Gasteiger partial charge in [0.05, 0.1) is 14.8 Å². The molecule has 0 saturated carbocycles. The molecule has 1 aromatic carbocycles. The lowest BCUT2D eigenvalue weighted by Crippen LogP contribution is -2.02. The molecule has 0 aliphatic heterocycles. The maximum Gasteiger partial charge on any atom is 0.373 e. The summed E-state index contributed by atoms with van der Waals surface area (Å²) in [5, 5.41) is 29.2. The molecule has 0 unspecified atom stereocenters. The van der Waals surface area contributed by atoms with Crippen LogP contribution in [-0.4, -0.2) is 14.8 Å². The van der Waals surface area contributed by atoms with Crippen molar-refractivity contribution in [1.82, 2.24) is 0 Å². The topological polar surface area (TPSA) is 129 Å². The van der Waals surface area contributed by atoms with Gasteiger partial charge in [0.2, 0.25) is 5.02 Å². The minimum Gasteiger partial charge on any atom is -0.258 e. The van der Waals surface area contributed by atoms with Gasteiger partial charge < -0.3 is 0 Å². The zero-order valence-corrected chi connectivity index (χ0v) is 10.2. The lowest BCUT2D eigenvalue weighted by atomic mass is 10.2. The highest BCUT2D eigenvalue weighted by Gasteiger charge is 2.41. The van der Waals surface area contributed by atoms with Crippen LogP contribution in [0.25, 0.3) is 0 Å². The van der Waals surface area contributed by atoms with Crippen LogP contribution in [0.3, 0.4) is 0 Å². The van der Waals surface area contributed by atoms with Crippen LogP contribution in [0.15, 0.2) is 0 Å². The molecule has 18 heavy (non-hydrogen) atoms. The molecule has 0 atom stereocenters. The first-order valence-corrected chi connectivity index (χ1v) is 4.97. The summed E-state index contributed by atoms with van der Waals surface area (Å²) < 4.78 is 0. The van der Waals surface area contributed by atoms with Crippen molar-refractivity contribution >= 4 is 51.9 Å². The van der Waals surface area contributed by atoms with E-state index >= 15 is 0 Å². The highest BCUT2D eigenvalue weighted by atomic mass is 35.5. The molecule has 0 radical (unpaired) electrons. The zero-order chi connectivity index (χ0) is 14.2. The Kier molecular flexibility index (Phi) is 3.89. The van der Waals surface area contributed by atoms with E-state index in [0.717, 1.165) is 0 Å². The summed E-state index contributed by atoms with van der Waals surface area (Å²) in [5.74, 6) is 0. The molecule has 1 rings (SSSR count). The van der Waals surface area contributed by atoms with E-state index in [1.54, 1.807) is 0 Å². The molecular weight excluding hydrogens is 316 g/mol. The highest BCUT2D eigenvalue weighted by Crippen LogP contribution is 2.50. The van der Waals surface area contributed by atoms with Crippen molar-refractivity contribution < 1.29 is 14.8 Å². The Morgan fingerprint density at radius 3 is 1.22 bits per heavy atom. The van der Waals surface area contributed by atoms with Crippen molar-refractivity contribution in [2.75, 3.05) is 0 Å². The second-order valence-electron chi connectivity index (χ2n) is 2.76. The molecule has 0 amide bonds. The average molecular weight is 316 g/mol. The summed E-state index contributed by atoms with van der Waals surface area (Å²) in [6.45, 7) is 0. The quantitative estimate of drug-likeness (QED) is 0.477. The van der Waals surface area contributed by atoms with Gasteiger partial charge in [0, 0.05) is 0 Å². The van der Waals surface area contributed by atoms with Crippen LogP contribution in [0.4, 0.5) is 17.1 Å². The first kappa shape index (κ1) is 14.4. The maximum absolute atomic E-state index is 10.7. The third-order valence-corrected chi connectivity index (χ3v) is 2.99. The smallest absolute Gasteiger partial charge is 0.258 e. The van der Waals surface area contributed by atoms with Crippen molar-refractivity contribution in [2.45, 2.75) is 0 Å². The Morgan fingerprint density at radius 1 is 0.611 bits per heavy atom. The van der Waals surface area contributed by atoms with Crippen LogP contribution < -0.4 is 0 Å². The number of nitrogens with zero attached hydrogens (tertiary/aromatic N) is 3. The van der Waals surface area contributed by atoms with E-state index in [2.05, 4.69) is 0 Å². The van der Waals surface area contributed by atoms with Crippen LogP contribution >= 0.6 is 34.8 Å². The first-order chi connectivity index (χ1) is 8.20. The Balaban J connectivity index is 3.94. The first-order valence-electron chi connectivity index (χ1n) is 3.83. The van der Waals surface area contributed by atoms with Crippen molar-refractivity contribution in [2.24, 2.45) is 0 Å². The molecule has 0 spiro atoms. The summed E-state index contributed by atoms with van der Waals surface area (Å²) >= 11 is 16.2. The molecule has 12 heteroatoms. The van der Waals surface area contributed by atoms with Gasteiger partial charge in [-0.2, -0.15) is 0 Å². The molecule has 0 heterocycles. The van der Waals surface area contributed by atoms with E-state index in [4.69, 9.17) is 34.8 Å². The van der Waals surface area contributed by atoms with Crippen LogP contribution in [-0.2, 0) is 0 Å². The van der Waals surface area contributed by atoms with Gasteiger partial charge in [0.25, 0.3) is 0 Å². The third kappa shape index (κ3) is 2.15. The zero-order valence-electron chi connectivity index (χ0n) is 7.93. The summed E-state index contributed by atoms with van der Waals surface area (Å²) in [6, 6.07) is 0. The minimum atomic E-state index is -1.28. The number of halogens is 3. The van der Waals surface area contributed by atoms with Gasteiger partial charge in [0.1, 0.15) is 5.02 Å². The lowest BCUT2D eigenvalue weighted by Gasteiger charge is -2.03. The summed E-state index contributed by atoms with van der Waals surface area (Å²) in [7, 11) is 0. The molecule has 0 saturated heterocycles. The Labute approximate surface area is 112 Å². The monoisotopic (exact) mass is 315 g/mol. The van der Waals surface area contributed by atoms with E-state index in [-0.39, 0.29) is 0 Å². The largest absolute Gasteiger partial charge is 0.373 e. The van der Waals surface area contributed by atoms with Crippen LogP contribution in [0.5, 0.6) is 0 Å². The van der Waals surface area contributed by atoms with Gasteiger partial charge in [-0.15, -0.1) is 0 Å². The van der Waals surface area contributed by atoms with E-state index in [1.165, 1.54) is 0 Å². The number of nitro groups is 3. The fraction of sp³-hybridized carbons (Fsp3) is 0. The van der Waals surface area contributed by atoms with Crippen molar-refractivity contribution in [3.63, 3.8) is 0 Å². The van der Waals surface area contributed by atoms with E-state index in [9.17, 15) is 30.3 Å². The Morgan fingerprint density at radius 2 is 0.889 bits per heavy atom. The number of rotatable bonds is 3. The highest BCUT2D eigenvalue weighted by molar-refractivity contribution is 6.48. The van der Waals surface area contributed by atoms with Crippen LogP contribution in [0.2, 0.25) is 15.1 Å². The number of hydrogen-bond acceptors (Lipinski definition) is 6. The summed E-state index contributed by atoms with van der Waals surface area (Å²) in [6.07, 6.45) is 0. The third-order valence-electron chi connectivity index (χ3n) is 1.80. The van der Waals surface area contributed by atoms with Crippen molar-refractivity contribution in [1.29, 1.82) is 0 Å². The summed E-state index contributed by atoms with van der Waals surface area (Å²) in [4.78, 5) is 28.4. The molecular formula is C6Cl3N3O6. The molecule has 0 N–H and O–H groups in total. The lowest BCUT2D eigenvalue weighted by molar-refractivity contribution is -0.424. The maximum atomic E-state index is 10.7. The minimum absolute atomic E-state index is 0.830. The summed E-state index contributed by atoms with van der Waals surface area (Å²) in [5.41, 5.74) is -3.52. The van der Waals surface area contributed by atoms with Crippen LogP contribution in [0.1, 0.15) is 0 Å². The van der Waals surface area contributed by atoms with Gasteiger partial charge in [-0.05, 0) is 0 Å². The molecule has 1 aromatic rings.